The summed E-state index contributed by atoms with van der Waals surface area (Å²) in [6.07, 6.45) is 0.641. The molecule has 0 unspecified atom stereocenters. The number of nitrogens with one attached hydrogen (secondary N) is 2. The predicted molar refractivity (Wildman–Crippen MR) is 92.5 cm³/mol. The molecular formula is C18H29N3O2. The number of rotatable bonds is 5. The third-order valence-corrected chi connectivity index (χ3v) is 3.98. The van der Waals surface area contributed by atoms with Gasteiger partial charge in [0, 0.05) is 31.7 Å². The lowest BCUT2D eigenvalue weighted by Crippen LogP contribution is -2.41. The van der Waals surface area contributed by atoms with Gasteiger partial charge < -0.3 is 15.4 Å². The van der Waals surface area contributed by atoms with Crippen LogP contribution in [0.2, 0.25) is 0 Å². The fourth-order valence-electron chi connectivity index (χ4n) is 2.90. The lowest BCUT2D eigenvalue weighted by Gasteiger charge is -2.24. The summed E-state index contributed by atoms with van der Waals surface area (Å²) in [4.78, 5) is 14.2. The summed E-state index contributed by atoms with van der Waals surface area (Å²) < 4.78 is 5.33. The van der Waals surface area contributed by atoms with Gasteiger partial charge in [0.1, 0.15) is 5.60 Å². The van der Waals surface area contributed by atoms with Crippen LogP contribution in [0.15, 0.2) is 30.3 Å². The molecule has 1 fully saturated rings. The Bertz CT molecular complexity index is 499. The van der Waals surface area contributed by atoms with Crippen molar-refractivity contribution in [1.82, 2.24) is 15.5 Å². The molecule has 2 N–H and O–H groups in total. The van der Waals surface area contributed by atoms with Gasteiger partial charge in [0.05, 0.1) is 0 Å². The molecule has 1 aromatic rings. The van der Waals surface area contributed by atoms with Gasteiger partial charge in [-0.25, -0.2) is 4.79 Å². The van der Waals surface area contributed by atoms with E-state index < -0.39 is 5.60 Å². The maximum atomic E-state index is 11.9. The minimum atomic E-state index is -0.451. The highest BCUT2D eigenvalue weighted by atomic mass is 16.6. The Morgan fingerprint density at radius 3 is 2.65 bits per heavy atom. The molecule has 1 amide bonds. The molecule has 1 heterocycles. The Hall–Kier alpha value is -1.59. The first-order valence-electron chi connectivity index (χ1n) is 8.31. The second-order valence-electron chi connectivity index (χ2n) is 7.14. The highest BCUT2D eigenvalue weighted by molar-refractivity contribution is 5.68. The predicted octanol–water partition coefficient (Wildman–Crippen LogP) is 2.55. The van der Waals surface area contributed by atoms with Crippen LogP contribution in [0.4, 0.5) is 4.79 Å². The van der Waals surface area contributed by atoms with Crippen LogP contribution < -0.4 is 10.6 Å². The minimum absolute atomic E-state index is 0.165. The molecule has 23 heavy (non-hydrogen) atoms. The van der Waals surface area contributed by atoms with E-state index in [1.54, 1.807) is 0 Å². The zero-order chi connectivity index (χ0) is 16.9. The van der Waals surface area contributed by atoms with Gasteiger partial charge in [-0.05, 0) is 39.8 Å². The molecule has 1 aliphatic rings. The third-order valence-electron chi connectivity index (χ3n) is 3.98. The zero-order valence-corrected chi connectivity index (χ0v) is 14.6. The lowest BCUT2D eigenvalue weighted by atomic mass is 10.1. The van der Waals surface area contributed by atoms with Gasteiger partial charge in [-0.3, -0.25) is 4.90 Å². The van der Waals surface area contributed by atoms with Crippen LogP contribution in [-0.2, 0) is 4.74 Å². The van der Waals surface area contributed by atoms with E-state index in [0.717, 1.165) is 26.1 Å². The minimum Gasteiger partial charge on any atom is -0.444 e. The number of carbonyl (C=O) groups excluding carboxylic acids is 1. The average molecular weight is 319 g/mol. The van der Waals surface area contributed by atoms with E-state index in [4.69, 9.17) is 4.74 Å². The molecule has 1 aliphatic heterocycles. The molecule has 2 rings (SSSR count). The van der Waals surface area contributed by atoms with Crippen molar-refractivity contribution in [2.24, 2.45) is 0 Å². The monoisotopic (exact) mass is 319 g/mol. The van der Waals surface area contributed by atoms with Crippen LogP contribution in [-0.4, -0.2) is 49.3 Å². The van der Waals surface area contributed by atoms with Crippen LogP contribution in [0, 0.1) is 0 Å². The highest BCUT2D eigenvalue weighted by Gasteiger charge is 2.27. The summed E-state index contributed by atoms with van der Waals surface area (Å²) >= 11 is 0. The quantitative estimate of drug-likeness (QED) is 0.876. The maximum Gasteiger partial charge on any atom is 0.407 e. The van der Waals surface area contributed by atoms with Crippen molar-refractivity contribution in [3.8, 4) is 0 Å². The molecule has 0 aliphatic carbocycles. The molecule has 0 saturated carbocycles. The number of carbonyl (C=O) groups is 1. The van der Waals surface area contributed by atoms with Crippen LogP contribution >= 0.6 is 0 Å². The van der Waals surface area contributed by atoms with Crippen LogP contribution in [0.5, 0.6) is 0 Å². The Labute approximate surface area is 139 Å². The standard InChI is InChI=1S/C18H29N3O2/c1-18(2,3)23-17(22)20-15-10-11-21(12-15)13-16(19-4)14-8-6-5-7-9-14/h5-9,15-16,19H,10-13H2,1-4H3,(H,20,22)/t15-,16+/m0/s1. The number of nitrogens with zero attached hydrogens (tertiary/aromatic N) is 1. The van der Waals surface area contributed by atoms with E-state index >= 15 is 0 Å². The number of hydrogen-bond donors (Lipinski definition) is 2. The molecular weight excluding hydrogens is 290 g/mol. The van der Waals surface area contributed by atoms with Gasteiger partial charge in [-0.1, -0.05) is 30.3 Å². The van der Waals surface area contributed by atoms with Crippen molar-refractivity contribution in [1.29, 1.82) is 0 Å². The first-order chi connectivity index (χ1) is 10.9. The average Bonchev–Trinajstić information content (AvgIpc) is 2.90. The first-order valence-corrected chi connectivity index (χ1v) is 8.31. The van der Waals surface area contributed by atoms with E-state index in [0.29, 0.717) is 6.04 Å². The van der Waals surface area contributed by atoms with Gasteiger partial charge in [-0.2, -0.15) is 0 Å². The first kappa shape index (κ1) is 17.8. The highest BCUT2D eigenvalue weighted by Crippen LogP contribution is 2.18. The van der Waals surface area contributed by atoms with E-state index in [-0.39, 0.29) is 12.1 Å². The van der Waals surface area contributed by atoms with Crippen molar-refractivity contribution in [2.75, 3.05) is 26.7 Å². The van der Waals surface area contributed by atoms with Crippen molar-refractivity contribution >= 4 is 6.09 Å². The fraction of sp³-hybridized carbons (Fsp3) is 0.611. The topological polar surface area (TPSA) is 53.6 Å². The Morgan fingerprint density at radius 2 is 2.04 bits per heavy atom. The molecule has 2 atom stereocenters. The van der Waals surface area contributed by atoms with Crippen LogP contribution in [0.1, 0.15) is 38.8 Å². The maximum absolute atomic E-state index is 11.9. The number of amides is 1. The summed E-state index contributed by atoms with van der Waals surface area (Å²) in [5, 5.41) is 6.35. The number of alkyl carbamates (subject to hydrolysis) is 1. The van der Waals surface area contributed by atoms with Crippen LogP contribution in [0.25, 0.3) is 0 Å². The number of likely N-dealkylation sites (tertiary alicyclic amines) is 1. The summed E-state index contributed by atoms with van der Waals surface area (Å²) in [6.45, 7) is 8.43. The second-order valence-corrected chi connectivity index (χ2v) is 7.14. The fourth-order valence-corrected chi connectivity index (χ4v) is 2.90. The molecule has 0 aromatic heterocycles. The van der Waals surface area contributed by atoms with Crippen molar-refractivity contribution in [3.63, 3.8) is 0 Å². The molecule has 5 heteroatoms. The number of hydrogen-bond acceptors (Lipinski definition) is 4. The van der Waals surface area contributed by atoms with Gasteiger partial charge in [0.15, 0.2) is 0 Å². The summed E-state index contributed by atoms with van der Waals surface area (Å²) in [5.74, 6) is 0. The largest absolute Gasteiger partial charge is 0.444 e. The molecule has 0 radical (unpaired) electrons. The van der Waals surface area contributed by atoms with Gasteiger partial charge >= 0.3 is 6.09 Å². The molecule has 128 valence electrons. The lowest BCUT2D eigenvalue weighted by molar-refractivity contribution is 0.0505. The summed E-state index contributed by atoms with van der Waals surface area (Å²) in [6, 6.07) is 10.9. The van der Waals surface area contributed by atoms with E-state index in [1.807, 2.05) is 33.9 Å². The van der Waals surface area contributed by atoms with Gasteiger partial charge in [0.2, 0.25) is 0 Å². The number of benzene rings is 1. The number of likely N-dealkylation sites (N-methyl/N-ethyl adjacent to an activating group) is 1. The van der Waals surface area contributed by atoms with Gasteiger partial charge in [-0.15, -0.1) is 0 Å². The van der Waals surface area contributed by atoms with E-state index in [1.165, 1.54) is 5.56 Å². The smallest absolute Gasteiger partial charge is 0.407 e. The molecule has 1 saturated heterocycles. The van der Waals surface area contributed by atoms with Crippen molar-refractivity contribution in [3.05, 3.63) is 35.9 Å². The van der Waals surface area contributed by atoms with E-state index in [9.17, 15) is 4.79 Å². The zero-order valence-electron chi connectivity index (χ0n) is 14.6. The molecule has 5 nitrogen and oxygen atoms in total. The number of ether oxygens (including phenoxy) is 1. The molecule has 0 spiro atoms. The Kier molecular flexibility index (Phi) is 6.02. The summed E-state index contributed by atoms with van der Waals surface area (Å²) in [5.41, 5.74) is 0.839. The molecule has 0 bridgehead atoms. The molecule has 1 aromatic carbocycles. The normalized spacial score (nSPS) is 20.3. The second kappa shape index (κ2) is 7.79. The Morgan fingerprint density at radius 1 is 1.35 bits per heavy atom. The summed E-state index contributed by atoms with van der Waals surface area (Å²) in [7, 11) is 1.99. The van der Waals surface area contributed by atoms with Crippen LogP contribution in [0.3, 0.4) is 0 Å². The SMILES string of the molecule is CN[C@H](CN1CC[C@H](NC(=O)OC(C)(C)C)C1)c1ccccc1. The Balaban J connectivity index is 1.82. The van der Waals surface area contributed by atoms with Gasteiger partial charge in [0.25, 0.3) is 0 Å². The van der Waals surface area contributed by atoms with E-state index in [2.05, 4.69) is 39.8 Å². The van der Waals surface area contributed by atoms with Crippen molar-refractivity contribution in [2.45, 2.75) is 44.9 Å². The van der Waals surface area contributed by atoms with Crippen molar-refractivity contribution < 1.29 is 9.53 Å². The third kappa shape index (κ3) is 5.84.